The van der Waals surface area contributed by atoms with E-state index in [1.54, 1.807) is 20.8 Å². The highest BCUT2D eigenvalue weighted by Crippen LogP contribution is 2.43. The molecule has 5 atom stereocenters. The average molecular weight is 234 g/mol. The molecule has 2 saturated heterocycles. The Hall–Kier alpha value is -0.240. The molecule has 0 amide bonds. The average Bonchev–Trinajstić information content (AvgIpc) is 2.47. The fraction of sp³-hybridized carbons (Fsp3) is 1.00. The number of fused-ring (bicyclic) bond motifs is 1. The first-order valence-corrected chi connectivity index (χ1v) is 5.34. The van der Waals surface area contributed by atoms with Crippen LogP contribution in [-0.2, 0) is 14.2 Å². The highest BCUT2D eigenvalue weighted by atomic mass is 16.9. The van der Waals surface area contributed by atoms with Crippen molar-refractivity contribution < 1.29 is 29.5 Å². The molecule has 94 valence electrons. The lowest BCUT2D eigenvalue weighted by molar-refractivity contribution is -0.325. The van der Waals surface area contributed by atoms with Gasteiger partial charge in [0.05, 0.1) is 6.10 Å². The second-order valence-corrected chi connectivity index (χ2v) is 4.81. The Balaban J connectivity index is 2.31. The highest BCUT2D eigenvalue weighted by molar-refractivity contribution is 5.01. The van der Waals surface area contributed by atoms with Crippen LogP contribution in [-0.4, -0.2) is 57.9 Å². The minimum Gasteiger partial charge on any atom is -0.391 e. The van der Waals surface area contributed by atoms with Crippen molar-refractivity contribution in [2.45, 2.75) is 56.8 Å². The van der Waals surface area contributed by atoms with E-state index in [4.69, 9.17) is 14.2 Å². The molecule has 0 aromatic rings. The molecule has 0 bridgehead atoms. The lowest BCUT2D eigenvalue weighted by Gasteiger charge is -2.43. The molecular weight excluding hydrogens is 216 g/mol. The molecule has 0 saturated carbocycles. The van der Waals surface area contributed by atoms with Gasteiger partial charge in [-0.05, 0) is 20.8 Å². The van der Waals surface area contributed by atoms with E-state index < -0.39 is 42.6 Å². The van der Waals surface area contributed by atoms with Crippen molar-refractivity contribution in [2.75, 3.05) is 6.61 Å². The zero-order chi connectivity index (χ0) is 12.1. The van der Waals surface area contributed by atoms with Gasteiger partial charge >= 0.3 is 0 Å². The summed E-state index contributed by atoms with van der Waals surface area (Å²) in [5.74, 6) is -2.35. The van der Waals surface area contributed by atoms with Gasteiger partial charge in [0.1, 0.15) is 24.9 Å². The molecule has 2 rings (SSSR count). The summed E-state index contributed by atoms with van der Waals surface area (Å²) in [5.41, 5.74) is 0. The molecule has 6 heteroatoms. The third kappa shape index (κ3) is 1.66. The first-order valence-electron chi connectivity index (χ1n) is 5.34. The summed E-state index contributed by atoms with van der Waals surface area (Å²) >= 11 is 0. The fourth-order valence-electron chi connectivity index (χ4n) is 2.32. The van der Waals surface area contributed by atoms with Gasteiger partial charge in [-0.25, -0.2) is 0 Å². The topological polar surface area (TPSA) is 88.4 Å². The monoisotopic (exact) mass is 234 g/mol. The molecule has 0 spiro atoms. The Morgan fingerprint density at radius 2 is 1.75 bits per heavy atom. The van der Waals surface area contributed by atoms with E-state index in [1.165, 1.54) is 0 Å². The van der Waals surface area contributed by atoms with Crippen LogP contribution in [0.25, 0.3) is 0 Å². The van der Waals surface area contributed by atoms with Crippen LogP contribution >= 0.6 is 0 Å². The van der Waals surface area contributed by atoms with E-state index in [-0.39, 0.29) is 0 Å². The summed E-state index contributed by atoms with van der Waals surface area (Å²) in [6.07, 6.45) is -3.71. The summed E-state index contributed by atoms with van der Waals surface area (Å²) < 4.78 is 16.4. The zero-order valence-electron chi connectivity index (χ0n) is 9.58. The van der Waals surface area contributed by atoms with Gasteiger partial charge in [0.2, 0.25) is 5.79 Å². The number of hydrogen-bond acceptors (Lipinski definition) is 6. The van der Waals surface area contributed by atoms with Gasteiger partial charge in [-0.3, -0.25) is 0 Å². The van der Waals surface area contributed by atoms with Crippen molar-refractivity contribution in [3.05, 3.63) is 0 Å². The normalized spacial score (nSPS) is 51.4. The van der Waals surface area contributed by atoms with Crippen LogP contribution in [0.5, 0.6) is 0 Å². The van der Waals surface area contributed by atoms with Gasteiger partial charge in [0, 0.05) is 0 Å². The summed E-state index contributed by atoms with van der Waals surface area (Å²) in [6, 6.07) is 0. The number of hydrogen-bond donors (Lipinski definition) is 3. The predicted molar refractivity (Wildman–Crippen MR) is 52.4 cm³/mol. The van der Waals surface area contributed by atoms with Crippen LogP contribution in [0.1, 0.15) is 20.8 Å². The first-order chi connectivity index (χ1) is 7.31. The van der Waals surface area contributed by atoms with Gasteiger partial charge in [0.25, 0.3) is 0 Å². The third-order valence-electron chi connectivity index (χ3n) is 3.01. The molecule has 2 fully saturated rings. The summed E-state index contributed by atoms with van der Waals surface area (Å²) in [7, 11) is 0. The van der Waals surface area contributed by atoms with Crippen molar-refractivity contribution in [3.8, 4) is 0 Å². The number of rotatable bonds is 1. The summed E-state index contributed by atoms with van der Waals surface area (Å²) in [6.45, 7) is 4.50. The second kappa shape index (κ2) is 3.63. The fourth-order valence-corrected chi connectivity index (χ4v) is 2.32. The Labute approximate surface area is 93.7 Å². The van der Waals surface area contributed by atoms with E-state index in [0.29, 0.717) is 0 Å². The maximum Gasteiger partial charge on any atom is 0.224 e. The third-order valence-corrected chi connectivity index (χ3v) is 3.01. The molecule has 0 radical (unpaired) electrons. The Morgan fingerprint density at radius 1 is 1.12 bits per heavy atom. The van der Waals surface area contributed by atoms with Crippen molar-refractivity contribution in [3.63, 3.8) is 0 Å². The van der Waals surface area contributed by atoms with Gasteiger partial charge in [-0.1, -0.05) is 0 Å². The maximum absolute atomic E-state index is 9.90. The molecular formula is C10H18O6. The molecule has 16 heavy (non-hydrogen) atoms. The molecule has 5 unspecified atom stereocenters. The van der Waals surface area contributed by atoms with E-state index in [2.05, 4.69) is 0 Å². The maximum atomic E-state index is 9.90. The number of aliphatic hydroxyl groups is 3. The Bertz CT molecular complexity index is 280. The predicted octanol–water partition coefficient (Wildman–Crippen LogP) is -1.03. The molecule has 2 aliphatic rings. The zero-order valence-corrected chi connectivity index (χ0v) is 9.58. The minimum absolute atomic E-state index is 0.435. The Morgan fingerprint density at radius 3 is 2.31 bits per heavy atom. The summed E-state index contributed by atoms with van der Waals surface area (Å²) in [4.78, 5) is 0. The summed E-state index contributed by atoms with van der Waals surface area (Å²) in [5, 5.41) is 29.0. The molecule has 3 N–H and O–H groups in total. The molecule has 2 aliphatic heterocycles. The van der Waals surface area contributed by atoms with Crippen LogP contribution in [0.3, 0.4) is 0 Å². The van der Waals surface area contributed by atoms with Crippen molar-refractivity contribution in [2.24, 2.45) is 0 Å². The molecule has 6 nitrogen and oxygen atoms in total. The minimum atomic E-state index is -1.39. The molecule has 0 aromatic carbocycles. The van der Waals surface area contributed by atoms with Gasteiger partial charge < -0.3 is 29.5 Å². The largest absolute Gasteiger partial charge is 0.391 e. The molecule has 2 heterocycles. The smallest absolute Gasteiger partial charge is 0.224 e. The highest BCUT2D eigenvalue weighted by Gasteiger charge is 2.62. The number of aliphatic hydroxyl groups excluding tert-OH is 3. The van der Waals surface area contributed by atoms with E-state index in [9.17, 15) is 15.3 Å². The molecule has 0 aliphatic carbocycles. The van der Waals surface area contributed by atoms with Crippen molar-refractivity contribution in [1.82, 2.24) is 0 Å². The molecule has 0 aromatic heterocycles. The van der Waals surface area contributed by atoms with Gasteiger partial charge in [0.15, 0.2) is 5.79 Å². The second-order valence-electron chi connectivity index (χ2n) is 4.81. The lowest BCUT2D eigenvalue weighted by Crippen LogP contribution is -2.63. The Kier molecular flexibility index (Phi) is 2.77. The van der Waals surface area contributed by atoms with Crippen LogP contribution in [0, 0.1) is 0 Å². The SMILES string of the molecule is CC1OC2(CO)OC(C)(C)OC2C(O)C1O. The number of ether oxygens (including phenoxy) is 3. The van der Waals surface area contributed by atoms with Crippen molar-refractivity contribution in [1.29, 1.82) is 0 Å². The van der Waals surface area contributed by atoms with Crippen LogP contribution < -0.4 is 0 Å². The lowest BCUT2D eigenvalue weighted by atomic mass is 9.93. The van der Waals surface area contributed by atoms with E-state index in [0.717, 1.165) is 0 Å². The van der Waals surface area contributed by atoms with Crippen LogP contribution in [0.15, 0.2) is 0 Å². The standard InChI is InChI=1S/C10H18O6/c1-5-6(12)7(13)8-10(4-11,14-5)16-9(2,3)15-8/h5-8,11-13H,4H2,1-3H3. The first kappa shape index (κ1) is 12.2. The van der Waals surface area contributed by atoms with Crippen molar-refractivity contribution >= 4 is 0 Å². The van der Waals surface area contributed by atoms with Crippen LogP contribution in [0.2, 0.25) is 0 Å². The van der Waals surface area contributed by atoms with Gasteiger partial charge in [-0.2, -0.15) is 0 Å². The van der Waals surface area contributed by atoms with E-state index >= 15 is 0 Å². The van der Waals surface area contributed by atoms with E-state index in [1.807, 2.05) is 0 Å². The van der Waals surface area contributed by atoms with Gasteiger partial charge in [-0.15, -0.1) is 0 Å². The quantitative estimate of drug-likeness (QED) is 0.537. The van der Waals surface area contributed by atoms with Crippen LogP contribution in [0.4, 0.5) is 0 Å².